The normalized spacial score (nSPS) is 11.2. The number of fused-ring (bicyclic) bond motifs is 2. The van der Waals surface area contributed by atoms with Gasteiger partial charge in [-0.2, -0.15) is 0 Å². The lowest BCUT2D eigenvalue weighted by Gasteiger charge is -2.07. The first kappa shape index (κ1) is 9.96. The number of aryl methyl sites for hydroxylation is 1. The number of halogens is 1. The number of aromatic nitrogens is 2. The molecule has 0 aliphatic rings. The average molecular weight is 228 g/mol. The fraction of sp³-hybridized carbons (Fsp3) is 0.0769. The van der Waals surface area contributed by atoms with Crippen LogP contribution in [0.25, 0.3) is 21.7 Å². The Balaban J connectivity index is 2.74. The van der Waals surface area contributed by atoms with Crippen LogP contribution in [-0.2, 0) is 0 Å². The van der Waals surface area contributed by atoms with Gasteiger partial charge in [0, 0.05) is 5.39 Å². The van der Waals surface area contributed by atoms with Crippen LogP contribution in [0.3, 0.4) is 0 Å². The predicted molar refractivity (Wildman–Crippen MR) is 64.6 cm³/mol. The zero-order valence-electron chi connectivity index (χ0n) is 9.12. The van der Waals surface area contributed by atoms with Crippen molar-refractivity contribution < 1.29 is 4.39 Å². The van der Waals surface area contributed by atoms with Crippen molar-refractivity contribution in [1.82, 2.24) is 9.97 Å². The van der Waals surface area contributed by atoms with E-state index < -0.39 is 11.4 Å². The molecule has 0 saturated carbocycles. The largest absolute Gasteiger partial charge is 0.313 e. The minimum atomic E-state index is -0.504. The van der Waals surface area contributed by atoms with Gasteiger partial charge in [-0.1, -0.05) is 24.3 Å². The lowest BCUT2D eigenvalue weighted by Crippen LogP contribution is -2.09. The molecule has 0 atom stereocenters. The third-order valence-corrected chi connectivity index (χ3v) is 3.00. The number of nitrogens with one attached hydrogen (secondary N) is 1. The zero-order chi connectivity index (χ0) is 12.0. The first-order valence-corrected chi connectivity index (χ1v) is 5.24. The summed E-state index contributed by atoms with van der Waals surface area (Å²) in [6.45, 7) is 1.84. The Morgan fingerprint density at radius 1 is 1.24 bits per heavy atom. The molecule has 1 heterocycles. The summed E-state index contributed by atoms with van der Waals surface area (Å²) in [7, 11) is 0. The molecule has 0 radical (unpaired) electrons. The molecule has 84 valence electrons. The molecule has 2 aromatic carbocycles. The molecule has 0 bridgehead atoms. The Bertz CT molecular complexity index is 792. The minimum absolute atomic E-state index is 0.0312. The quantitative estimate of drug-likeness (QED) is 0.601. The maximum absolute atomic E-state index is 14.2. The van der Waals surface area contributed by atoms with E-state index in [-0.39, 0.29) is 5.39 Å². The molecule has 0 unspecified atom stereocenters. The molecule has 1 N–H and O–H groups in total. The van der Waals surface area contributed by atoms with Crippen LogP contribution in [0.2, 0.25) is 0 Å². The Morgan fingerprint density at radius 2 is 1.94 bits per heavy atom. The van der Waals surface area contributed by atoms with Gasteiger partial charge in [-0.25, -0.2) is 9.37 Å². The highest BCUT2D eigenvalue weighted by Crippen LogP contribution is 2.27. The van der Waals surface area contributed by atoms with Gasteiger partial charge >= 0.3 is 0 Å². The zero-order valence-corrected chi connectivity index (χ0v) is 9.12. The second-order valence-corrected chi connectivity index (χ2v) is 3.94. The first-order chi connectivity index (χ1) is 8.20. The first-order valence-electron chi connectivity index (χ1n) is 5.24. The van der Waals surface area contributed by atoms with Crippen molar-refractivity contribution in [3.8, 4) is 0 Å². The summed E-state index contributed by atoms with van der Waals surface area (Å²) in [6, 6.07) is 7.09. The fourth-order valence-corrected chi connectivity index (χ4v) is 2.15. The molecule has 3 nitrogen and oxygen atoms in total. The third-order valence-electron chi connectivity index (χ3n) is 3.00. The number of benzene rings is 2. The highest BCUT2D eigenvalue weighted by molar-refractivity contribution is 6.00. The van der Waals surface area contributed by atoms with E-state index in [1.54, 1.807) is 12.1 Å². The average Bonchev–Trinajstić information content (AvgIpc) is 2.36. The van der Waals surface area contributed by atoms with E-state index in [9.17, 15) is 9.18 Å². The van der Waals surface area contributed by atoms with E-state index in [1.807, 2.05) is 19.1 Å². The lowest BCUT2D eigenvalue weighted by atomic mass is 10.0. The summed E-state index contributed by atoms with van der Waals surface area (Å²) in [5, 5.41) is 1.27. The van der Waals surface area contributed by atoms with Crippen molar-refractivity contribution in [2.45, 2.75) is 6.92 Å². The highest BCUT2D eigenvalue weighted by Gasteiger charge is 2.14. The van der Waals surface area contributed by atoms with Crippen LogP contribution >= 0.6 is 0 Å². The fourth-order valence-electron chi connectivity index (χ4n) is 2.15. The van der Waals surface area contributed by atoms with Crippen LogP contribution in [0.5, 0.6) is 0 Å². The van der Waals surface area contributed by atoms with E-state index in [0.29, 0.717) is 10.9 Å². The van der Waals surface area contributed by atoms with Gasteiger partial charge < -0.3 is 4.98 Å². The summed E-state index contributed by atoms with van der Waals surface area (Å²) >= 11 is 0. The Hall–Kier alpha value is -2.23. The SMILES string of the molecule is Cc1c2ccccc2c(F)c2c(=O)[nH]cnc12. The summed E-state index contributed by atoms with van der Waals surface area (Å²) in [4.78, 5) is 18.1. The molecule has 0 spiro atoms. The van der Waals surface area contributed by atoms with Gasteiger partial charge in [-0.05, 0) is 17.9 Å². The second-order valence-electron chi connectivity index (χ2n) is 3.94. The van der Waals surface area contributed by atoms with Crippen molar-refractivity contribution >= 4 is 21.7 Å². The van der Waals surface area contributed by atoms with Crippen LogP contribution in [-0.4, -0.2) is 9.97 Å². The topological polar surface area (TPSA) is 45.8 Å². The van der Waals surface area contributed by atoms with Crippen LogP contribution in [0, 0.1) is 12.7 Å². The molecule has 0 fully saturated rings. The molecule has 3 rings (SSSR count). The molecular formula is C13H9FN2O. The second kappa shape index (κ2) is 3.38. The summed E-state index contributed by atoms with van der Waals surface area (Å²) in [5.41, 5.74) is 0.800. The van der Waals surface area contributed by atoms with Gasteiger partial charge in [0.2, 0.25) is 0 Å². The molecule has 0 aliphatic heterocycles. The molecule has 0 saturated heterocycles. The van der Waals surface area contributed by atoms with Gasteiger partial charge in [0.25, 0.3) is 5.56 Å². The molecule has 1 aromatic heterocycles. The van der Waals surface area contributed by atoms with Crippen LogP contribution in [0.15, 0.2) is 35.4 Å². The van der Waals surface area contributed by atoms with Crippen molar-refractivity contribution in [1.29, 1.82) is 0 Å². The van der Waals surface area contributed by atoms with E-state index in [0.717, 1.165) is 10.9 Å². The Morgan fingerprint density at radius 3 is 2.71 bits per heavy atom. The van der Waals surface area contributed by atoms with E-state index >= 15 is 0 Å². The standard InChI is InChI=1S/C13H9FN2O/c1-7-8-4-2-3-5-9(8)11(14)10-12(7)15-6-16-13(10)17/h2-6H,1H3,(H,15,16,17). The van der Waals surface area contributed by atoms with E-state index in [2.05, 4.69) is 9.97 Å². The van der Waals surface area contributed by atoms with Gasteiger partial charge in [0.05, 0.1) is 11.8 Å². The lowest BCUT2D eigenvalue weighted by molar-refractivity contribution is 0.649. The monoisotopic (exact) mass is 228 g/mol. The van der Waals surface area contributed by atoms with E-state index in [1.165, 1.54) is 6.33 Å². The number of aromatic amines is 1. The molecule has 17 heavy (non-hydrogen) atoms. The maximum Gasteiger partial charge on any atom is 0.261 e. The highest BCUT2D eigenvalue weighted by atomic mass is 19.1. The number of rotatable bonds is 0. The number of hydrogen-bond donors (Lipinski definition) is 1. The smallest absolute Gasteiger partial charge is 0.261 e. The van der Waals surface area contributed by atoms with Crippen molar-refractivity contribution in [2.24, 2.45) is 0 Å². The third kappa shape index (κ3) is 1.27. The van der Waals surface area contributed by atoms with Gasteiger partial charge in [-0.15, -0.1) is 0 Å². The van der Waals surface area contributed by atoms with Crippen LogP contribution in [0.1, 0.15) is 5.56 Å². The van der Waals surface area contributed by atoms with Crippen molar-refractivity contribution in [2.75, 3.05) is 0 Å². The summed E-state index contributed by atoms with van der Waals surface area (Å²) in [6.07, 6.45) is 1.30. The predicted octanol–water partition coefficient (Wildman–Crippen LogP) is 2.52. The van der Waals surface area contributed by atoms with Gasteiger partial charge in [-0.3, -0.25) is 4.79 Å². The minimum Gasteiger partial charge on any atom is -0.313 e. The number of nitrogens with zero attached hydrogens (tertiary/aromatic N) is 1. The number of H-pyrrole nitrogens is 1. The molecule has 4 heteroatoms. The van der Waals surface area contributed by atoms with Gasteiger partial charge in [0.15, 0.2) is 0 Å². The van der Waals surface area contributed by atoms with Crippen LogP contribution in [0.4, 0.5) is 4.39 Å². The maximum atomic E-state index is 14.2. The van der Waals surface area contributed by atoms with E-state index in [4.69, 9.17) is 0 Å². The van der Waals surface area contributed by atoms with Gasteiger partial charge in [0.1, 0.15) is 11.2 Å². The molecule has 3 aromatic rings. The van der Waals surface area contributed by atoms with Crippen molar-refractivity contribution in [3.05, 3.63) is 52.3 Å². The molecule has 0 aliphatic carbocycles. The van der Waals surface area contributed by atoms with Crippen molar-refractivity contribution in [3.63, 3.8) is 0 Å². The summed E-state index contributed by atoms with van der Waals surface area (Å²) < 4.78 is 14.2. The molecular weight excluding hydrogens is 219 g/mol. The number of hydrogen-bond acceptors (Lipinski definition) is 2. The Labute approximate surface area is 95.9 Å². The van der Waals surface area contributed by atoms with Crippen LogP contribution < -0.4 is 5.56 Å². The Kier molecular flexibility index (Phi) is 1.98. The molecule has 0 amide bonds. The summed E-state index contributed by atoms with van der Waals surface area (Å²) in [5.74, 6) is -0.504.